The minimum atomic E-state index is -4.17. The molecule has 102 valence electrons. The number of nitrogens with one attached hydrogen (secondary N) is 1. The molecule has 0 saturated carbocycles. The topological polar surface area (TPSA) is 34.1 Å². The lowest BCUT2D eigenvalue weighted by molar-refractivity contribution is -0.131. The molecule has 0 fully saturated rings. The molecule has 0 saturated heterocycles. The van der Waals surface area contributed by atoms with E-state index in [9.17, 15) is 13.2 Å². The van der Waals surface area contributed by atoms with Gasteiger partial charge < -0.3 is 10.1 Å². The molecule has 0 amide bonds. The summed E-state index contributed by atoms with van der Waals surface area (Å²) >= 11 is 0. The second-order valence-electron chi connectivity index (χ2n) is 4.04. The fraction of sp³-hybridized carbons (Fsp3) is 0.308. The molecule has 1 heterocycles. The predicted octanol–water partition coefficient (Wildman–Crippen LogP) is 3.61. The SMILES string of the molecule is COc1ccc2ccnc(NCCC(F)(F)F)c2c1. The molecular weight excluding hydrogens is 257 g/mol. The smallest absolute Gasteiger partial charge is 0.390 e. The second-order valence-corrected chi connectivity index (χ2v) is 4.04. The first-order valence-electron chi connectivity index (χ1n) is 5.73. The zero-order valence-corrected chi connectivity index (χ0v) is 10.3. The largest absolute Gasteiger partial charge is 0.497 e. The molecular formula is C13H13F3N2O. The van der Waals surface area contributed by atoms with Crippen molar-refractivity contribution in [3.05, 3.63) is 30.5 Å². The highest BCUT2D eigenvalue weighted by atomic mass is 19.4. The van der Waals surface area contributed by atoms with Gasteiger partial charge in [0, 0.05) is 18.1 Å². The van der Waals surface area contributed by atoms with E-state index < -0.39 is 12.6 Å². The molecule has 0 atom stereocenters. The van der Waals surface area contributed by atoms with E-state index in [2.05, 4.69) is 10.3 Å². The number of hydrogen-bond acceptors (Lipinski definition) is 3. The highest BCUT2D eigenvalue weighted by Crippen LogP contribution is 2.26. The highest BCUT2D eigenvalue weighted by molar-refractivity contribution is 5.92. The van der Waals surface area contributed by atoms with Gasteiger partial charge in [-0.05, 0) is 23.6 Å². The Hall–Kier alpha value is -1.98. The van der Waals surface area contributed by atoms with E-state index in [0.717, 1.165) is 10.8 Å². The number of aromatic nitrogens is 1. The van der Waals surface area contributed by atoms with Crippen molar-refractivity contribution < 1.29 is 17.9 Å². The van der Waals surface area contributed by atoms with Crippen molar-refractivity contribution in [1.82, 2.24) is 4.98 Å². The molecule has 0 aliphatic carbocycles. The first-order chi connectivity index (χ1) is 8.99. The van der Waals surface area contributed by atoms with Gasteiger partial charge in [-0.15, -0.1) is 0 Å². The van der Waals surface area contributed by atoms with Gasteiger partial charge >= 0.3 is 6.18 Å². The van der Waals surface area contributed by atoms with E-state index in [1.54, 1.807) is 24.4 Å². The average molecular weight is 270 g/mol. The Morgan fingerprint density at radius 1 is 1.26 bits per heavy atom. The number of nitrogens with zero attached hydrogens (tertiary/aromatic N) is 1. The first kappa shape index (κ1) is 13.5. The molecule has 2 aromatic rings. The normalized spacial score (nSPS) is 11.6. The van der Waals surface area contributed by atoms with Gasteiger partial charge in [0.1, 0.15) is 11.6 Å². The van der Waals surface area contributed by atoms with E-state index in [4.69, 9.17) is 4.74 Å². The van der Waals surface area contributed by atoms with Crippen molar-refractivity contribution >= 4 is 16.6 Å². The van der Waals surface area contributed by atoms with Crippen LogP contribution in [0.1, 0.15) is 6.42 Å². The number of methoxy groups -OCH3 is 1. The van der Waals surface area contributed by atoms with Gasteiger partial charge in [0.15, 0.2) is 0 Å². The Bertz CT molecular complexity index is 569. The van der Waals surface area contributed by atoms with E-state index in [1.165, 1.54) is 7.11 Å². The van der Waals surface area contributed by atoms with Crippen LogP contribution in [0, 0.1) is 0 Å². The Balaban J connectivity index is 2.22. The summed E-state index contributed by atoms with van der Waals surface area (Å²) in [7, 11) is 1.54. The molecule has 2 rings (SSSR count). The lowest BCUT2D eigenvalue weighted by Gasteiger charge is -2.11. The van der Waals surface area contributed by atoms with Crippen molar-refractivity contribution in [2.75, 3.05) is 19.0 Å². The first-order valence-corrected chi connectivity index (χ1v) is 5.73. The molecule has 1 N–H and O–H groups in total. The van der Waals surface area contributed by atoms with Crippen LogP contribution >= 0.6 is 0 Å². The van der Waals surface area contributed by atoms with Crippen molar-refractivity contribution in [1.29, 1.82) is 0 Å². The molecule has 0 aliphatic rings. The van der Waals surface area contributed by atoms with Crippen molar-refractivity contribution in [3.63, 3.8) is 0 Å². The van der Waals surface area contributed by atoms with Crippen LogP contribution in [0.15, 0.2) is 30.5 Å². The summed E-state index contributed by atoms with van der Waals surface area (Å²) < 4.78 is 41.4. The number of fused-ring (bicyclic) bond motifs is 1. The minimum absolute atomic E-state index is 0.202. The summed E-state index contributed by atoms with van der Waals surface area (Å²) in [5.41, 5.74) is 0. The number of pyridine rings is 1. The van der Waals surface area contributed by atoms with Crippen LogP contribution in [0.2, 0.25) is 0 Å². The molecule has 3 nitrogen and oxygen atoms in total. The van der Waals surface area contributed by atoms with Crippen molar-refractivity contribution in [2.45, 2.75) is 12.6 Å². The van der Waals surface area contributed by atoms with Crippen LogP contribution in [-0.4, -0.2) is 24.8 Å². The number of ether oxygens (including phenoxy) is 1. The number of rotatable bonds is 4. The second kappa shape index (κ2) is 5.34. The van der Waals surface area contributed by atoms with E-state index in [1.807, 2.05) is 6.07 Å². The molecule has 0 unspecified atom stereocenters. The van der Waals surface area contributed by atoms with Gasteiger partial charge in [-0.25, -0.2) is 4.98 Å². The van der Waals surface area contributed by atoms with Crippen LogP contribution in [0.3, 0.4) is 0 Å². The Morgan fingerprint density at radius 3 is 2.74 bits per heavy atom. The van der Waals surface area contributed by atoms with Crippen LogP contribution in [-0.2, 0) is 0 Å². The van der Waals surface area contributed by atoms with Crippen molar-refractivity contribution in [2.24, 2.45) is 0 Å². The van der Waals surface area contributed by atoms with Crippen molar-refractivity contribution in [3.8, 4) is 5.75 Å². The molecule has 0 bridgehead atoms. The number of alkyl halides is 3. The maximum Gasteiger partial charge on any atom is 0.390 e. The van der Waals surface area contributed by atoms with Gasteiger partial charge in [0.2, 0.25) is 0 Å². The Labute approximate surface area is 108 Å². The predicted molar refractivity (Wildman–Crippen MR) is 67.5 cm³/mol. The quantitative estimate of drug-likeness (QED) is 0.921. The summed E-state index contributed by atoms with van der Waals surface area (Å²) in [5.74, 6) is 1.07. The van der Waals surface area contributed by atoms with Crippen LogP contribution in [0.5, 0.6) is 5.75 Å². The Morgan fingerprint density at radius 2 is 2.05 bits per heavy atom. The van der Waals surface area contributed by atoms with Gasteiger partial charge in [-0.1, -0.05) is 6.07 Å². The molecule has 1 aromatic heterocycles. The number of benzene rings is 1. The lowest BCUT2D eigenvalue weighted by atomic mass is 10.1. The third-order valence-electron chi connectivity index (χ3n) is 2.67. The molecule has 6 heteroatoms. The zero-order valence-electron chi connectivity index (χ0n) is 10.3. The molecule has 0 radical (unpaired) electrons. The maximum atomic E-state index is 12.1. The van der Waals surface area contributed by atoms with Gasteiger partial charge in [-0.2, -0.15) is 13.2 Å². The number of hydrogen-bond donors (Lipinski definition) is 1. The van der Waals surface area contributed by atoms with E-state index >= 15 is 0 Å². The van der Waals surface area contributed by atoms with E-state index in [0.29, 0.717) is 11.6 Å². The third kappa shape index (κ3) is 3.49. The van der Waals surface area contributed by atoms with Gasteiger partial charge in [0.05, 0.1) is 13.5 Å². The summed E-state index contributed by atoms with van der Waals surface area (Å²) in [5, 5.41) is 4.34. The molecule has 1 aromatic carbocycles. The van der Waals surface area contributed by atoms with Gasteiger partial charge in [0.25, 0.3) is 0 Å². The van der Waals surface area contributed by atoms with E-state index in [-0.39, 0.29) is 6.54 Å². The fourth-order valence-electron chi connectivity index (χ4n) is 1.74. The highest BCUT2D eigenvalue weighted by Gasteiger charge is 2.26. The summed E-state index contributed by atoms with van der Waals surface area (Å²) in [4.78, 5) is 4.07. The average Bonchev–Trinajstić information content (AvgIpc) is 2.37. The molecule has 0 spiro atoms. The maximum absolute atomic E-state index is 12.1. The monoisotopic (exact) mass is 270 g/mol. The summed E-state index contributed by atoms with van der Waals surface area (Å²) in [6.07, 6.45) is -3.50. The fourth-order valence-corrected chi connectivity index (χ4v) is 1.74. The van der Waals surface area contributed by atoms with Crippen LogP contribution in [0.25, 0.3) is 10.8 Å². The van der Waals surface area contributed by atoms with Crippen LogP contribution in [0.4, 0.5) is 19.0 Å². The summed E-state index contributed by atoms with van der Waals surface area (Å²) in [6.45, 7) is -0.202. The van der Waals surface area contributed by atoms with Crippen LogP contribution < -0.4 is 10.1 Å². The number of halogens is 3. The molecule has 19 heavy (non-hydrogen) atoms. The number of anilines is 1. The van der Waals surface area contributed by atoms with Gasteiger partial charge in [-0.3, -0.25) is 0 Å². The molecule has 0 aliphatic heterocycles. The standard InChI is InChI=1S/C13H13F3N2O/c1-19-10-3-2-9-4-6-17-12(11(9)8-10)18-7-5-13(14,15)16/h2-4,6,8H,5,7H2,1H3,(H,17,18). The zero-order chi connectivity index (χ0) is 13.9. The summed E-state index contributed by atoms with van der Waals surface area (Å²) in [6, 6.07) is 7.18. The minimum Gasteiger partial charge on any atom is -0.497 e. The Kier molecular flexibility index (Phi) is 3.78. The third-order valence-corrected chi connectivity index (χ3v) is 2.67. The lowest BCUT2D eigenvalue weighted by Crippen LogP contribution is -2.15.